The van der Waals surface area contributed by atoms with E-state index in [1.54, 1.807) is 4.57 Å². The number of fused-ring (bicyclic) bond motifs is 1. The molecule has 2 N–H and O–H groups in total. The van der Waals surface area contributed by atoms with Gasteiger partial charge in [0.15, 0.2) is 11.2 Å². The summed E-state index contributed by atoms with van der Waals surface area (Å²) in [6, 6.07) is 18.0. The molecule has 0 aliphatic rings. The lowest BCUT2D eigenvalue weighted by atomic mass is 10.1. The van der Waals surface area contributed by atoms with Crippen molar-refractivity contribution in [3.63, 3.8) is 0 Å². The summed E-state index contributed by atoms with van der Waals surface area (Å²) in [7, 11) is 4.00. The van der Waals surface area contributed by atoms with Crippen LogP contribution in [0.2, 0.25) is 0 Å². The van der Waals surface area contributed by atoms with Crippen LogP contribution >= 0.6 is 0 Å². The molecule has 2 aromatic carbocycles. The van der Waals surface area contributed by atoms with Crippen LogP contribution in [0.3, 0.4) is 0 Å². The maximum atomic E-state index is 14.4. The molecule has 45 heavy (non-hydrogen) atoms. The van der Waals surface area contributed by atoms with Crippen LogP contribution in [0.15, 0.2) is 64.2 Å². The predicted octanol–water partition coefficient (Wildman–Crippen LogP) is 3.74. The lowest BCUT2D eigenvalue weighted by Gasteiger charge is -2.38. The van der Waals surface area contributed by atoms with Gasteiger partial charge in [0.1, 0.15) is 5.82 Å². The van der Waals surface area contributed by atoms with Gasteiger partial charge in [-0.1, -0.05) is 76.2 Å². The van der Waals surface area contributed by atoms with Gasteiger partial charge < -0.3 is 15.2 Å². The quantitative estimate of drug-likeness (QED) is 0.143. The molecule has 0 saturated heterocycles. The third kappa shape index (κ3) is 7.92. The Kier molecular flexibility index (Phi) is 12.2. The zero-order chi connectivity index (χ0) is 32.5. The van der Waals surface area contributed by atoms with Gasteiger partial charge in [-0.15, -0.1) is 0 Å². The summed E-state index contributed by atoms with van der Waals surface area (Å²) in [4.78, 5) is 40.6. The second kappa shape index (κ2) is 16.0. The normalized spacial score (nSPS) is 12.0. The van der Waals surface area contributed by atoms with E-state index in [-0.39, 0.29) is 17.4 Å². The lowest BCUT2D eigenvalue weighted by Crippen LogP contribution is -2.51. The monoisotopic (exact) mass is 616 g/mol. The number of likely N-dealkylation sites (N-methyl/N-ethyl adjacent to an activating group) is 2. The van der Waals surface area contributed by atoms with E-state index in [1.807, 2.05) is 56.6 Å². The van der Waals surface area contributed by atoms with Gasteiger partial charge in [0.25, 0.3) is 5.56 Å². The highest BCUT2D eigenvalue weighted by molar-refractivity contribution is 5.71. The van der Waals surface area contributed by atoms with Crippen LogP contribution in [0.4, 0.5) is 5.69 Å². The van der Waals surface area contributed by atoms with E-state index in [0.717, 1.165) is 49.7 Å². The Morgan fingerprint density at radius 1 is 0.800 bits per heavy atom. The fourth-order valence-corrected chi connectivity index (χ4v) is 6.30. The fourth-order valence-electron chi connectivity index (χ4n) is 6.30. The summed E-state index contributed by atoms with van der Waals surface area (Å²) >= 11 is 0. The standard InChI is InChI=1S/C35H52N8O2/c1-7-39(8-2)31(40(9-3)10-4)26-43-30(25-27-17-12-11-13-18-27)37-33-32(43)34(44)42(23-16-22-38(5)6)35(45)41(33)24-21-28-19-14-15-20-29(28)36/h11-15,17-20,31H,7-10,16,21-26,36H2,1-6H3. The van der Waals surface area contributed by atoms with Crippen LogP contribution in [-0.4, -0.2) is 86.4 Å². The predicted molar refractivity (Wildman–Crippen MR) is 185 cm³/mol. The first-order chi connectivity index (χ1) is 21.7. The summed E-state index contributed by atoms with van der Waals surface area (Å²) < 4.78 is 5.24. The number of imidazole rings is 1. The van der Waals surface area contributed by atoms with Crippen molar-refractivity contribution in [2.24, 2.45) is 0 Å². The minimum Gasteiger partial charge on any atom is -0.399 e. The Hall–Kier alpha value is -3.73. The Labute approximate surface area is 267 Å². The topological polar surface area (TPSA) is 97.6 Å². The van der Waals surface area contributed by atoms with E-state index >= 15 is 0 Å². The molecule has 0 saturated carbocycles. The molecule has 0 radical (unpaired) electrons. The maximum Gasteiger partial charge on any atom is 0.332 e. The summed E-state index contributed by atoms with van der Waals surface area (Å²) in [5, 5.41) is 0. The van der Waals surface area contributed by atoms with Gasteiger partial charge in [0.2, 0.25) is 0 Å². The van der Waals surface area contributed by atoms with E-state index in [0.29, 0.717) is 55.7 Å². The number of anilines is 1. The van der Waals surface area contributed by atoms with Gasteiger partial charge >= 0.3 is 5.69 Å². The molecule has 0 fully saturated rings. The van der Waals surface area contributed by atoms with Crippen LogP contribution in [0.1, 0.15) is 51.1 Å². The number of rotatable bonds is 17. The number of benzene rings is 2. The molecule has 10 nitrogen and oxygen atoms in total. The van der Waals surface area contributed by atoms with Crippen molar-refractivity contribution in [2.75, 3.05) is 52.6 Å². The molecule has 2 aromatic heterocycles. The van der Waals surface area contributed by atoms with Gasteiger partial charge in [-0.3, -0.25) is 23.7 Å². The van der Waals surface area contributed by atoms with E-state index in [2.05, 4.69) is 59.1 Å². The number of para-hydroxylation sites is 1. The van der Waals surface area contributed by atoms with Crippen LogP contribution in [-0.2, 0) is 32.5 Å². The van der Waals surface area contributed by atoms with Crippen LogP contribution in [0.25, 0.3) is 11.2 Å². The largest absolute Gasteiger partial charge is 0.399 e. The lowest BCUT2D eigenvalue weighted by molar-refractivity contribution is 0.0438. The Morgan fingerprint density at radius 3 is 2.02 bits per heavy atom. The number of aromatic nitrogens is 4. The van der Waals surface area contributed by atoms with Crippen LogP contribution in [0.5, 0.6) is 0 Å². The average molecular weight is 617 g/mol. The highest BCUT2D eigenvalue weighted by Gasteiger charge is 2.27. The summed E-state index contributed by atoms with van der Waals surface area (Å²) in [5.41, 5.74) is 9.41. The van der Waals surface area contributed by atoms with Gasteiger partial charge in [0.05, 0.1) is 12.7 Å². The van der Waals surface area contributed by atoms with Crippen molar-refractivity contribution in [1.82, 2.24) is 33.4 Å². The van der Waals surface area contributed by atoms with Crippen LogP contribution < -0.4 is 17.0 Å². The van der Waals surface area contributed by atoms with Crippen molar-refractivity contribution in [3.8, 4) is 0 Å². The van der Waals surface area contributed by atoms with Gasteiger partial charge in [0, 0.05) is 25.2 Å². The molecule has 0 aliphatic heterocycles. The average Bonchev–Trinajstić information content (AvgIpc) is 3.38. The smallest absolute Gasteiger partial charge is 0.332 e. The summed E-state index contributed by atoms with van der Waals surface area (Å²) in [5.74, 6) is 0.788. The second-order valence-corrected chi connectivity index (χ2v) is 11.9. The van der Waals surface area contributed by atoms with Gasteiger partial charge in [-0.05, 0) is 76.9 Å². The van der Waals surface area contributed by atoms with E-state index < -0.39 is 0 Å². The maximum absolute atomic E-state index is 14.4. The first kappa shape index (κ1) is 34.1. The summed E-state index contributed by atoms with van der Waals surface area (Å²) in [6.45, 7) is 14.3. The SMILES string of the molecule is CCN(CC)C(Cn1c(Cc2ccccc2)nc2c1c(=O)n(CCCN(C)C)c(=O)n2CCc1ccccc1N)N(CC)CC. The highest BCUT2D eigenvalue weighted by atomic mass is 16.2. The molecule has 4 rings (SSSR count). The molecule has 0 aliphatic carbocycles. The molecule has 0 amide bonds. The summed E-state index contributed by atoms with van der Waals surface area (Å²) in [6.07, 6.45) is 1.86. The molecular weight excluding hydrogens is 564 g/mol. The molecule has 0 unspecified atom stereocenters. The van der Waals surface area contributed by atoms with E-state index in [4.69, 9.17) is 10.7 Å². The number of hydrogen-bond acceptors (Lipinski definition) is 7. The Bertz CT molecular complexity index is 1620. The molecule has 0 spiro atoms. The fraction of sp³-hybridized carbons (Fsp3) is 0.514. The minimum absolute atomic E-state index is 0.0630. The Morgan fingerprint density at radius 2 is 1.42 bits per heavy atom. The minimum atomic E-state index is -0.319. The van der Waals surface area contributed by atoms with Crippen molar-refractivity contribution in [1.29, 1.82) is 0 Å². The van der Waals surface area contributed by atoms with Crippen molar-refractivity contribution in [2.45, 2.75) is 72.8 Å². The number of nitrogens with zero attached hydrogens (tertiary/aromatic N) is 7. The number of aryl methyl sites for hydroxylation is 2. The number of hydrogen-bond donors (Lipinski definition) is 1. The van der Waals surface area contributed by atoms with Crippen LogP contribution in [0, 0.1) is 0 Å². The van der Waals surface area contributed by atoms with E-state index in [1.165, 1.54) is 4.57 Å². The van der Waals surface area contributed by atoms with Crippen molar-refractivity contribution >= 4 is 16.9 Å². The second-order valence-electron chi connectivity index (χ2n) is 11.9. The third-order valence-electron chi connectivity index (χ3n) is 8.86. The first-order valence-electron chi connectivity index (χ1n) is 16.5. The molecule has 10 heteroatoms. The molecule has 2 heterocycles. The Balaban J connectivity index is 1.96. The van der Waals surface area contributed by atoms with E-state index in [9.17, 15) is 9.59 Å². The zero-order valence-electron chi connectivity index (χ0n) is 28.1. The third-order valence-corrected chi connectivity index (χ3v) is 8.86. The molecule has 244 valence electrons. The van der Waals surface area contributed by atoms with Gasteiger partial charge in [-0.2, -0.15) is 0 Å². The van der Waals surface area contributed by atoms with Crippen molar-refractivity contribution in [3.05, 3.63) is 92.4 Å². The highest BCUT2D eigenvalue weighted by Crippen LogP contribution is 2.20. The molecule has 0 bridgehead atoms. The molecular formula is C35H52N8O2. The number of nitrogens with two attached hydrogens (primary N) is 1. The van der Waals surface area contributed by atoms with Gasteiger partial charge in [-0.25, -0.2) is 9.78 Å². The first-order valence-corrected chi connectivity index (χ1v) is 16.5. The number of nitrogen functional groups attached to an aromatic ring is 1. The molecule has 4 aromatic rings. The van der Waals surface area contributed by atoms with Crippen molar-refractivity contribution < 1.29 is 0 Å². The molecule has 0 atom stereocenters. The zero-order valence-corrected chi connectivity index (χ0v) is 28.1.